The molecule has 0 saturated heterocycles. The van der Waals surface area contributed by atoms with Crippen molar-refractivity contribution < 1.29 is 0 Å². The predicted molar refractivity (Wildman–Crippen MR) is 66.2 cm³/mol. The van der Waals surface area contributed by atoms with Gasteiger partial charge in [0.25, 0.3) is 0 Å². The molecule has 0 aliphatic carbocycles. The second-order valence-electron chi connectivity index (χ2n) is 3.71. The molecule has 16 heavy (non-hydrogen) atoms. The fraction of sp³-hybridized carbons (Fsp3) is 0.308. The Morgan fingerprint density at radius 3 is 2.75 bits per heavy atom. The molecule has 2 aromatic rings. The highest BCUT2D eigenvalue weighted by atomic mass is 15.3. The van der Waals surface area contributed by atoms with E-state index in [2.05, 4.69) is 35.7 Å². The minimum atomic E-state index is 0.917. The Bertz CT molecular complexity index is 420. The zero-order valence-electron chi connectivity index (χ0n) is 9.56. The molecule has 1 heterocycles. The summed E-state index contributed by atoms with van der Waals surface area (Å²) in [4.78, 5) is 0. The first kappa shape index (κ1) is 10.9. The minimum Gasteiger partial charge on any atom is -0.315 e. The van der Waals surface area contributed by atoms with E-state index in [4.69, 9.17) is 0 Å². The van der Waals surface area contributed by atoms with Crippen LogP contribution in [0, 0.1) is 0 Å². The summed E-state index contributed by atoms with van der Waals surface area (Å²) in [7, 11) is 0. The van der Waals surface area contributed by atoms with Gasteiger partial charge in [-0.1, -0.05) is 37.3 Å². The van der Waals surface area contributed by atoms with Crippen LogP contribution in [0.25, 0.3) is 11.1 Å². The van der Waals surface area contributed by atoms with E-state index in [0.717, 1.165) is 19.6 Å². The Morgan fingerprint density at radius 1 is 1.19 bits per heavy atom. The monoisotopic (exact) mass is 215 g/mol. The van der Waals surface area contributed by atoms with Crippen molar-refractivity contribution in [2.45, 2.75) is 13.5 Å². The maximum Gasteiger partial charge on any atom is 0.0568 e. The summed E-state index contributed by atoms with van der Waals surface area (Å²) < 4.78 is 1.98. The van der Waals surface area contributed by atoms with Gasteiger partial charge in [-0.15, -0.1) is 0 Å². The fourth-order valence-electron chi connectivity index (χ4n) is 1.64. The molecule has 0 saturated carbocycles. The number of likely N-dealkylation sites (N-methyl/N-ethyl adjacent to an activating group) is 1. The molecule has 3 heteroatoms. The standard InChI is InChI=1S/C13H17N3/c1-2-14-8-9-16-11-13(10-15-16)12-6-4-3-5-7-12/h3-7,10-11,14H,2,8-9H2,1H3. The molecule has 0 aliphatic rings. The molecule has 1 N–H and O–H groups in total. The highest BCUT2D eigenvalue weighted by molar-refractivity contribution is 5.61. The molecule has 0 unspecified atom stereocenters. The van der Waals surface area contributed by atoms with E-state index in [0.29, 0.717) is 0 Å². The first-order chi connectivity index (χ1) is 7.90. The summed E-state index contributed by atoms with van der Waals surface area (Å²) in [5.41, 5.74) is 2.40. The lowest BCUT2D eigenvalue weighted by Gasteiger charge is -2.01. The summed E-state index contributed by atoms with van der Waals surface area (Å²) in [5.74, 6) is 0. The zero-order chi connectivity index (χ0) is 11.2. The second-order valence-corrected chi connectivity index (χ2v) is 3.71. The lowest BCUT2D eigenvalue weighted by molar-refractivity contribution is 0.565. The lowest BCUT2D eigenvalue weighted by Crippen LogP contribution is -2.19. The Kier molecular flexibility index (Phi) is 3.72. The number of hydrogen-bond acceptors (Lipinski definition) is 2. The average Bonchev–Trinajstić information content (AvgIpc) is 2.79. The van der Waals surface area contributed by atoms with Gasteiger partial charge in [0.1, 0.15) is 0 Å². The molecule has 0 aliphatic heterocycles. The predicted octanol–water partition coefficient (Wildman–Crippen LogP) is 2.16. The van der Waals surface area contributed by atoms with Crippen LogP contribution in [-0.4, -0.2) is 22.9 Å². The number of hydrogen-bond donors (Lipinski definition) is 1. The molecule has 0 amide bonds. The van der Waals surface area contributed by atoms with E-state index >= 15 is 0 Å². The van der Waals surface area contributed by atoms with Gasteiger partial charge in [0.05, 0.1) is 12.7 Å². The van der Waals surface area contributed by atoms with Crippen LogP contribution in [0.1, 0.15) is 6.92 Å². The van der Waals surface area contributed by atoms with Gasteiger partial charge < -0.3 is 5.32 Å². The van der Waals surface area contributed by atoms with Crippen LogP contribution >= 0.6 is 0 Å². The fourth-order valence-corrected chi connectivity index (χ4v) is 1.64. The zero-order valence-corrected chi connectivity index (χ0v) is 9.56. The van der Waals surface area contributed by atoms with Gasteiger partial charge in [-0.05, 0) is 12.1 Å². The van der Waals surface area contributed by atoms with Gasteiger partial charge in [-0.25, -0.2) is 0 Å². The van der Waals surface area contributed by atoms with Gasteiger partial charge in [0.2, 0.25) is 0 Å². The van der Waals surface area contributed by atoms with Crippen molar-refractivity contribution in [1.82, 2.24) is 15.1 Å². The lowest BCUT2D eigenvalue weighted by atomic mass is 10.1. The summed E-state index contributed by atoms with van der Waals surface area (Å²) in [5, 5.41) is 7.63. The van der Waals surface area contributed by atoms with Gasteiger partial charge >= 0.3 is 0 Å². The molecular weight excluding hydrogens is 198 g/mol. The summed E-state index contributed by atoms with van der Waals surface area (Å²) in [6.07, 6.45) is 4.01. The average molecular weight is 215 g/mol. The number of aromatic nitrogens is 2. The van der Waals surface area contributed by atoms with Gasteiger partial charge in [0, 0.05) is 18.3 Å². The van der Waals surface area contributed by atoms with Crippen LogP contribution in [0.3, 0.4) is 0 Å². The maximum absolute atomic E-state index is 4.34. The van der Waals surface area contributed by atoms with Gasteiger partial charge in [-0.3, -0.25) is 4.68 Å². The summed E-state index contributed by atoms with van der Waals surface area (Å²) in [6, 6.07) is 10.3. The smallest absolute Gasteiger partial charge is 0.0568 e. The third-order valence-corrected chi connectivity index (χ3v) is 2.51. The molecular formula is C13H17N3. The number of nitrogens with zero attached hydrogens (tertiary/aromatic N) is 2. The van der Waals surface area contributed by atoms with Crippen LogP contribution in [0.5, 0.6) is 0 Å². The highest BCUT2D eigenvalue weighted by Gasteiger charge is 2.00. The Labute approximate surface area is 96.1 Å². The molecule has 0 atom stereocenters. The molecule has 0 radical (unpaired) electrons. The summed E-state index contributed by atoms with van der Waals surface area (Å²) in [6.45, 7) is 5.00. The van der Waals surface area contributed by atoms with Gasteiger partial charge in [0.15, 0.2) is 0 Å². The largest absolute Gasteiger partial charge is 0.315 e. The highest BCUT2D eigenvalue weighted by Crippen LogP contribution is 2.17. The van der Waals surface area contributed by atoms with Crippen molar-refractivity contribution in [2.24, 2.45) is 0 Å². The molecule has 1 aromatic carbocycles. The Morgan fingerprint density at radius 2 is 2.00 bits per heavy atom. The van der Waals surface area contributed by atoms with E-state index in [9.17, 15) is 0 Å². The minimum absolute atomic E-state index is 0.917. The number of nitrogens with one attached hydrogen (secondary N) is 1. The van der Waals surface area contributed by atoms with Crippen molar-refractivity contribution in [3.63, 3.8) is 0 Å². The normalized spacial score (nSPS) is 10.6. The number of benzene rings is 1. The van der Waals surface area contributed by atoms with Crippen LogP contribution in [0.15, 0.2) is 42.7 Å². The quantitative estimate of drug-likeness (QED) is 0.775. The van der Waals surface area contributed by atoms with E-state index in [1.807, 2.05) is 29.1 Å². The van der Waals surface area contributed by atoms with Crippen LogP contribution < -0.4 is 5.32 Å². The molecule has 3 nitrogen and oxygen atoms in total. The van der Waals surface area contributed by atoms with Crippen LogP contribution in [0.2, 0.25) is 0 Å². The first-order valence-corrected chi connectivity index (χ1v) is 5.68. The van der Waals surface area contributed by atoms with Crippen molar-refractivity contribution >= 4 is 0 Å². The van der Waals surface area contributed by atoms with Crippen molar-refractivity contribution in [2.75, 3.05) is 13.1 Å². The Balaban J connectivity index is 2.02. The SMILES string of the molecule is CCNCCn1cc(-c2ccccc2)cn1. The first-order valence-electron chi connectivity index (χ1n) is 5.68. The van der Waals surface area contributed by atoms with E-state index in [1.54, 1.807) is 0 Å². The molecule has 1 aromatic heterocycles. The molecule has 84 valence electrons. The van der Waals surface area contributed by atoms with Crippen LogP contribution in [-0.2, 0) is 6.54 Å². The molecule has 2 rings (SSSR count). The second kappa shape index (κ2) is 5.47. The van der Waals surface area contributed by atoms with E-state index < -0.39 is 0 Å². The van der Waals surface area contributed by atoms with Gasteiger partial charge in [-0.2, -0.15) is 5.10 Å². The van der Waals surface area contributed by atoms with E-state index in [1.165, 1.54) is 11.1 Å². The van der Waals surface area contributed by atoms with Crippen LogP contribution in [0.4, 0.5) is 0 Å². The van der Waals surface area contributed by atoms with Crippen molar-refractivity contribution in [3.8, 4) is 11.1 Å². The topological polar surface area (TPSA) is 29.9 Å². The molecule has 0 bridgehead atoms. The third-order valence-electron chi connectivity index (χ3n) is 2.51. The Hall–Kier alpha value is -1.61. The van der Waals surface area contributed by atoms with E-state index in [-0.39, 0.29) is 0 Å². The van der Waals surface area contributed by atoms with Crippen molar-refractivity contribution in [3.05, 3.63) is 42.7 Å². The van der Waals surface area contributed by atoms with Crippen molar-refractivity contribution in [1.29, 1.82) is 0 Å². The third kappa shape index (κ3) is 2.70. The number of rotatable bonds is 5. The summed E-state index contributed by atoms with van der Waals surface area (Å²) >= 11 is 0. The molecule has 0 fully saturated rings. The molecule has 0 spiro atoms. The maximum atomic E-state index is 4.34.